The largest absolute Gasteiger partial charge is 0.394 e. The van der Waals surface area contributed by atoms with E-state index in [4.69, 9.17) is 0 Å². The lowest BCUT2D eigenvalue weighted by atomic mass is 10.0. The Morgan fingerprint density at radius 2 is 1.88 bits per heavy atom. The molecule has 0 aliphatic carbocycles. The standard InChI is InChI=1S/C13H21NO2/c1-13(2,16)8-9-14-12(10-15)11-6-4-3-5-7-11/h3-7,12,14-16H,8-10H2,1-2H3. The molecule has 0 radical (unpaired) electrons. The lowest BCUT2D eigenvalue weighted by molar-refractivity contribution is 0.0693. The molecule has 0 aliphatic heterocycles. The fraction of sp³-hybridized carbons (Fsp3) is 0.538. The van der Waals surface area contributed by atoms with Gasteiger partial charge >= 0.3 is 0 Å². The maximum Gasteiger partial charge on any atom is 0.0626 e. The van der Waals surface area contributed by atoms with Gasteiger partial charge in [-0.1, -0.05) is 30.3 Å². The molecule has 0 saturated heterocycles. The third-order valence-electron chi connectivity index (χ3n) is 2.51. The van der Waals surface area contributed by atoms with E-state index >= 15 is 0 Å². The van der Waals surface area contributed by atoms with Gasteiger partial charge in [-0.25, -0.2) is 0 Å². The number of aliphatic hydroxyl groups excluding tert-OH is 1. The Hall–Kier alpha value is -0.900. The molecule has 1 unspecified atom stereocenters. The Kier molecular flexibility index (Phi) is 4.93. The molecular weight excluding hydrogens is 202 g/mol. The van der Waals surface area contributed by atoms with Crippen molar-refractivity contribution in [2.45, 2.75) is 31.9 Å². The molecule has 3 N–H and O–H groups in total. The van der Waals surface area contributed by atoms with Crippen LogP contribution in [0.25, 0.3) is 0 Å². The van der Waals surface area contributed by atoms with E-state index < -0.39 is 5.60 Å². The maximum atomic E-state index is 9.57. The summed E-state index contributed by atoms with van der Waals surface area (Å²) >= 11 is 0. The van der Waals surface area contributed by atoms with E-state index in [0.717, 1.165) is 5.56 Å². The Morgan fingerprint density at radius 1 is 1.25 bits per heavy atom. The molecule has 0 saturated carbocycles. The van der Waals surface area contributed by atoms with Gasteiger partial charge in [0, 0.05) is 0 Å². The van der Waals surface area contributed by atoms with Crippen molar-refractivity contribution < 1.29 is 10.2 Å². The number of hydrogen-bond donors (Lipinski definition) is 3. The predicted molar refractivity (Wildman–Crippen MR) is 65.2 cm³/mol. The number of benzene rings is 1. The van der Waals surface area contributed by atoms with Gasteiger partial charge in [0.25, 0.3) is 0 Å². The van der Waals surface area contributed by atoms with Gasteiger partial charge in [0.05, 0.1) is 18.2 Å². The first-order valence-electron chi connectivity index (χ1n) is 5.64. The minimum absolute atomic E-state index is 0.0523. The highest BCUT2D eigenvalue weighted by molar-refractivity contribution is 5.18. The number of nitrogens with one attached hydrogen (secondary N) is 1. The maximum absolute atomic E-state index is 9.57. The molecule has 0 aromatic heterocycles. The normalized spacial score (nSPS) is 13.8. The van der Waals surface area contributed by atoms with Crippen LogP contribution in [0.5, 0.6) is 0 Å². The zero-order valence-electron chi connectivity index (χ0n) is 9.98. The number of aliphatic hydroxyl groups is 2. The van der Waals surface area contributed by atoms with E-state index in [1.807, 2.05) is 30.3 Å². The van der Waals surface area contributed by atoms with Crippen molar-refractivity contribution in [3.8, 4) is 0 Å². The van der Waals surface area contributed by atoms with Crippen molar-refractivity contribution in [1.82, 2.24) is 5.32 Å². The molecule has 1 atom stereocenters. The van der Waals surface area contributed by atoms with Gasteiger partial charge in [-0.05, 0) is 32.4 Å². The lowest BCUT2D eigenvalue weighted by Gasteiger charge is -2.21. The smallest absolute Gasteiger partial charge is 0.0626 e. The highest BCUT2D eigenvalue weighted by Gasteiger charge is 2.14. The van der Waals surface area contributed by atoms with E-state index in [1.54, 1.807) is 13.8 Å². The number of hydrogen-bond acceptors (Lipinski definition) is 3. The van der Waals surface area contributed by atoms with Crippen molar-refractivity contribution in [2.75, 3.05) is 13.2 Å². The van der Waals surface area contributed by atoms with Crippen LogP contribution in [-0.4, -0.2) is 29.0 Å². The van der Waals surface area contributed by atoms with Crippen LogP contribution in [-0.2, 0) is 0 Å². The van der Waals surface area contributed by atoms with Crippen LogP contribution in [0.3, 0.4) is 0 Å². The van der Waals surface area contributed by atoms with Crippen LogP contribution in [0.15, 0.2) is 30.3 Å². The Morgan fingerprint density at radius 3 is 2.38 bits per heavy atom. The quantitative estimate of drug-likeness (QED) is 0.684. The fourth-order valence-corrected chi connectivity index (χ4v) is 1.53. The third kappa shape index (κ3) is 4.75. The molecule has 0 amide bonds. The molecule has 0 aliphatic rings. The molecule has 1 rings (SSSR count). The van der Waals surface area contributed by atoms with Crippen LogP contribution < -0.4 is 5.32 Å². The molecule has 0 fully saturated rings. The van der Waals surface area contributed by atoms with Crippen molar-refractivity contribution in [3.63, 3.8) is 0 Å². The monoisotopic (exact) mass is 223 g/mol. The summed E-state index contributed by atoms with van der Waals surface area (Å²) in [5.74, 6) is 0. The minimum atomic E-state index is -0.663. The predicted octanol–water partition coefficient (Wildman–Crippen LogP) is 1.47. The van der Waals surface area contributed by atoms with Crippen LogP contribution in [0, 0.1) is 0 Å². The summed E-state index contributed by atoms with van der Waals surface area (Å²) in [6.45, 7) is 4.32. The zero-order valence-corrected chi connectivity index (χ0v) is 9.98. The Bertz CT molecular complexity index is 293. The van der Waals surface area contributed by atoms with Gasteiger partial charge in [0.1, 0.15) is 0 Å². The second-order valence-electron chi connectivity index (χ2n) is 4.66. The number of rotatable bonds is 6. The minimum Gasteiger partial charge on any atom is -0.394 e. The summed E-state index contributed by atoms with van der Waals surface area (Å²) < 4.78 is 0. The molecule has 3 nitrogen and oxygen atoms in total. The molecule has 0 bridgehead atoms. The zero-order chi connectivity index (χ0) is 12.0. The van der Waals surface area contributed by atoms with Gasteiger partial charge in [-0.15, -0.1) is 0 Å². The third-order valence-corrected chi connectivity index (χ3v) is 2.51. The van der Waals surface area contributed by atoms with Gasteiger partial charge in [0.2, 0.25) is 0 Å². The summed E-state index contributed by atoms with van der Waals surface area (Å²) in [6.07, 6.45) is 0.663. The van der Waals surface area contributed by atoms with Gasteiger partial charge in [-0.3, -0.25) is 0 Å². The SMILES string of the molecule is CC(C)(O)CCNC(CO)c1ccccc1. The van der Waals surface area contributed by atoms with E-state index in [-0.39, 0.29) is 12.6 Å². The molecule has 90 valence electrons. The summed E-state index contributed by atoms with van der Waals surface area (Å²) in [6, 6.07) is 9.78. The second kappa shape index (κ2) is 5.99. The topological polar surface area (TPSA) is 52.5 Å². The van der Waals surface area contributed by atoms with Crippen molar-refractivity contribution in [3.05, 3.63) is 35.9 Å². The molecule has 0 spiro atoms. The molecule has 1 aromatic carbocycles. The summed E-state index contributed by atoms with van der Waals surface area (Å²) in [5.41, 5.74) is 0.407. The van der Waals surface area contributed by atoms with Crippen LogP contribution in [0.1, 0.15) is 31.9 Å². The summed E-state index contributed by atoms with van der Waals surface area (Å²) in [5, 5.41) is 22.1. The van der Waals surface area contributed by atoms with E-state index in [0.29, 0.717) is 13.0 Å². The average Bonchev–Trinajstić information content (AvgIpc) is 2.24. The Balaban J connectivity index is 2.45. The van der Waals surface area contributed by atoms with Crippen molar-refractivity contribution in [1.29, 1.82) is 0 Å². The highest BCUT2D eigenvalue weighted by atomic mass is 16.3. The van der Waals surface area contributed by atoms with E-state index in [9.17, 15) is 10.2 Å². The van der Waals surface area contributed by atoms with Crippen molar-refractivity contribution in [2.24, 2.45) is 0 Å². The van der Waals surface area contributed by atoms with Gasteiger partial charge < -0.3 is 15.5 Å². The molecule has 0 heterocycles. The van der Waals surface area contributed by atoms with Crippen LogP contribution in [0.2, 0.25) is 0 Å². The first kappa shape index (κ1) is 13.2. The molecule has 1 aromatic rings. The van der Waals surface area contributed by atoms with E-state index in [1.165, 1.54) is 0 Å². The fourth-order valence-electron chi connectivity index (χ4n) is 1.53. The first-order chi connectivity index (χ1) is 7.53. The second-order valence-corrected chi connectivity index (χ2v) is 4.66. The van der Waals surface area contributed by atoms with Crippen molar-refractivity contribution >= 4 is 0 Å². The molecule has 16 heavy (non-hydrogen) atoms. The van der Waals surface area contributed by atoms with E-state index in [2.05, 4.69) is 5.32 Å². The van der Waals surface area contributed by atoms with Gasteiger partial charge in [0.15, 0.2) is 0 Å². The van der Waals surface area contributed by atoms with Crippen LogP contribution >= 0.6 is 0 Å². The first-order valence-corrected chi connectivity index (χ1v) is 5.64. The van der Waals surface area contributed by atoms with Crippen LogP contribution in [0.4, 0.5) is 0 Å². The molecular formula is C13H21NO2. The lowest BCUT2D eigenvalue weighted by Crippen LogP contribution is -2.30. The summed E-state index contributed by atoms with van der Waals surface area (Å²) in [7, 11) is 0. The van der Waals surface area contributed by atoms with Gasteiger partial charge in [-0.2, -0.15) is 0 Å². The average molecular weight is 223 g/mol. The summed E-state index contributed by atoms with van der Waals surface area (Å²) in [4.78, 5) is 0. The molecule has 3 heteroatoms. The highest BCUT2D eigenvalue weighted by Crippen LogP contribution is 2.12. The Labute approximate surface area is 97.1 Å².